The van der Waals surface area contributed by atoms with E-state index in [0.29, 0.717) is 31.0 Å². The molecule has 2 heterocycles. The summed E-state index contributed by atoms with van der Waals surface area (Å²) in [6.07, 6.45) is 1.33. The number of fused-ring (bicyclic) bond motifs is 1. The molecule has 3 aromatic rings. The molecule has 0 bridgehead atoms. The monoisotopic (exact) mass is 509 g/mol. The minimum Gasteiger partial charge on any atom is -0.494 e. The largest absolute Gasteiger partial charge is 0.494 e. The fourth-order valence-electron chi connectivity index (χ4n) is 5.02. The first-order valence-corrected chi connectivity index (χ1v) is 13.3. The van der Waals surface area contributed by atoms with Crippen molar-refractivity contribution >= 4 is 15.9 Å². The Bertz CT molecular complexity index is 1470. The number of hydrogen-bond acceptors (Lipinski definition) is 6. The molecule has 8 nitrogen and oxygen atoms in total. The number of hydrogen-bond donors (Lipinski definition) is 2. The summed E-state index contributed by atoms with van der Waals surface area (Å²) in [4.78, 5) is 29.8. The highest BCUT2D eigenvalue weighted by atomic mass is 32.2. The van der Waals surface area contributed by atoms with Crippen LogP contribution in [0.25, 0.3) is 0 Å². The van der Waals surface area contributed by atoms with Gasteiger partial charge in [-0.15, -0.1) is 0 Å². The van der Waals surface area contributed by atoms with Crippen molar-refractivity contribution in [3.63, 3.8) is 0 Å². The van der Waals surface area contributed by atoms with E-state index in [4.69, 9.17) is 4.74 Å². The van der Waals surface area contributed by atoms with Crippen molar-refractivity contribution in [3.8, 4) is 5.75 Å². The fourth-order valence-corrected chi connectivity index (χ4v) is 6.13. The maximum Gasteiger partial charge on any atom is 0.269 e. The van der Waals surface area contributed by atoms with E-state index in [0.717, 1.165) is 27.8 Å². The zero-order valence-corrected chi connectivity index (χ0v) is 22.0. The molecule has 0 unspecified atom stereocenters. The summed E-state index contributed by atoms with van der Waals surface area (Å²) >= 11 is 0. The van der Waals surface area contributed by atoms with Crippen molar-refractivity contribution in [2.24, 2.45) is 0 Å². The van der Waals surface area contributed by atoms with Gasteiger partial charge in [-0.2, -0.15) is 0 Å². The van der Waals surface area contributed by atoms with Gasteiger partial charge in [-0.05, 0) is 75.1 Å². The van der Waals surface area contributed by atoms with Gasteiger partial charge in [0.15, 0.2) is 4.90 Å². The standard InChI is InChI=1S/C27H31N3O5S/c1-6-35-23-10-7-9-22-21(23)16-30(15-20-18(3)13-17(2)14-19(20)4)27(22,5)26(32)29-36(33,34)24-11-8-12-28-25(24)31/h7-14H,6,15-16H2,1-5H3,(H,28,31)(H,29,32)/t27-/m1/s1. The van der Waals surface area contributed by atoms with Crippen molar-refractivity contribution in [2.75, 3.05) is 6.61 Å². The topological polar surface area (TPSA) is 109 Å². The molecular weight excluding hydrogens is 478 g/mol. The van der Waals surface area contributed by atoms with Crippen LogP contribution in [0.2, 0.25) is 0 Å². The third kappa shape index (κ3) is 4.44. The van der Waals surface area contributed by atoms with Crippen molar-refractivity contribution < 1.29 is 17.9 Å². The molecule has 0 saturated carbocycles. The van der Waals surface area contributed by atoms with E-state index in [1.165, 1.54) is 18.3 Å². The Morgan fingerprint density at radius 3 is 2.47 bits per heavy atom. The molecule has 0 spiro atoms. The van der Waals surface area contributed by atoms with Gasteiger partial charge in [0, 0.05) is 24.8 Å². The smallest absolute Gasteiger partial charge is 0.269 e. The molecule has 2 aromatic carbocycles. The first-order valence-electron chi connectivity index (χ1n) is 11.8. The number of carbonyl (C=O) groups excluding carboxylic acids is 1. The quantitative estimate of drug-likeness (QED) is 0.505. The number of H-pyrrole nitrogens is 1. The van der Waals surface area contributed by atoms with Crippen LogP contribution in [0.5, 0.6) is 5.75 Å². The van der Waals surface area contributed by atoms with Gasteiger partial charge in [-0.25, -0.2) is 13.1 Å². The summed E-state index contributed by atoms with van der Waals surface area (Å²) in [7, 11) is -4.41. The molecule has 2 N–H and O–H groups in total. The van der Waals surface area contributed by atoms with Crippen LogP contribution >= 0.6 is 0 Å². The molecule has 0 aliphatic carbocycles. The normalized spacial score (nSPS) is 17.6. The number of sulfonamides is 1. The van der Waals surface area contributed by atoms with E-state index < -0.39 is 31.9 Å². The Hall–Kier alpha value is -3.43. The molecule has 1 aliphatic heterocycles. The number of nitrogens with zero attached hydrogens (tertiary/aromatic N) is 1. The first-order chi connectivity index (χ1) is 17.0. The molecule has 0 fully saturated rings. The second kappa shape index (κ2) is 9.55. The van der Waals surface area contributed by atoms with Crippen LogP contribution in [0, 0.1) is 20.8 Å². The van der Waals surface area contributed by atoms with E-state index in [1.807, 2.05) is 44.7 Å². The molecule has 1 amide bonds. The van der Waals surface area contributed by atoms with Crippen LogP contribution in [0.4, 0.5) is 0 Å². The number of pyridine rings is 1. The van der Waals surface area contributed by atoms with Crippen molar-refractivity contribution in [2.45, 2.75) is 58.1 Å². The molecule has 190 valence electrons. The summed E-state index contributed by atoms with van der Waals surface area (Å²) in [6.45, 7) is 11.0. The number of ether oxygens (including phenoxy) is 1. The van der Waals surface area contributed by atoms with Gasteiger partial charge >= 0.3 is 0 Å². The maximum absolute atomic E-state index is 13.8. The van der Waals surface area contributed by atoms with Crippen LogP contribution in [0.3, 0.4) is 0 Å². The van der Waals surface area contributed by atoms with Crippen molar-refractivity contribution in [3.05, 3.63) is 92.4 Å². The minimum absolute atomic E-state index is 0.397. The molecule has 0 radical (unpaired) electrons. The highest BCUT2D eigenvalue weighted by molar-refractivity contribution is 7.90. The van der Waals surface area contributed by atoms with Gasteiger partial charge < -0.3 is 9.72 Å². The SMILES string of the molecule is CCOc1cccc2c1CN(Cc1c(C)cc(C)cc1C)[C@@]2(C)C(=O)NS(=O)(=O)c1ccc[nH]c1=O. The maximum atomic E-state index is 13.8. The second-order valence-corrected chi connectivity index (χ2v) is 11.0. The summed E-state index contributed by atoms with van der Waals surface area (Å²) in [5.74, 6) is -0.0724. The van der Waals surface area contributed by atoms with E-state index in [9.17, 15) is 18.0 Å². The molecule has 4 rings (SSSR count). The third-order valence-corrected chi connectivity index (χ3v) is 8.22. The molecule has 9 heteroatoms. The van der Waals surface area contributed by atoms with E-state index in [2.05, 4.69) is 21.8 Å². The zero-order chi connectivity index (χ0) is 26.3. The summed E-state index contributed by atoms with van der Waals surface area (Å²) in [5, 5.41) is 0. The van der Waals surface area contributed by atoms with Crippen molar-refractivity contribution in [1.29, 1.82) is 0 Å². The Labute approximate surface area is 211 Å². The Morgan fingerprint density at radius 2 is 1.83 bits per heavy atom. The molecule has 1 aromatic heterocycles. The summed E-state index contributed by atoms with van der Waals surface area (Å²) in [6, 6.07) is 12.3. The predicted octanol–water partition coefficient (Wildman–Crippen LogP) is 3.43. The van der Waals surface area contributed by atoms with Crippen LogP contribution in [-0.2, 0) is 33.4 Å². The highest BCUT2D eigenvalue weighted by Crippen LogP contribution is 2.44. The van der Waals surface area contributed by atoms with Crippen molar-refractivity contribution in [1.82, 2.24) is 14.6 Å². The lowest BCUT2D eigenvalue weighted by atomic mass is 9.89. The van der Waals surface area contributed by atoms with E-state index in [1.54, 1.807) is 13.0 Å². The zero-order valence-electron chi connectivity index (χ0n) is 21.1. The minimum atomic E-state index is -4.41. The lowest BCUT2D eigenvalue weighted by molar-refractivity contribution is -0.131. The number of aromatic amines is 1. The highest BCUT2D eigenvalue weighted by Gasteiger charge is 2.49. The number of carbonyl (C=O) groups is 1. The number of nitrogens with one attached hydrogen (secondary N) is 2. The van der Waals surface area contributed by atoms with Crippen LogP contribution in [0.1, 0.15) is 47.2 Å². The number of aromatic nitrogens is 1. The van der Waals surface area contributed by atoms with Gasteiger partial charge in [-0.1, -0.05) is 29.8 Å². The van der Waals surface area contributed by atoms with Crippen LogP contribution in [-0.4, -0.2) is 30.8 Å². The number of rotatable bonds is 7. The van der Waals surface area contributed by atoms with Gasteiger partial charge in [0.2, 0.25) is 0 Å². The van der Waals surface area contributed by atoms with E-state index in [-0.39, 0.29) is 0 Å². The summed E-state index contributed by atoms with van der Waals surface area (Å²) in [5.41, 5.74) is 3.81. The predicted molar refractivity (Wildman–Crippen MR) is 137 cm³/mol. The molecule has 1 atom stereocenters. The molecule has 0 saturated heterocycles. The van der Waals surface area contributed by atoms with Gasteiger partial charge in [0.25, 0.3) is 21.5 Å². The first kappa shape index (κ1) is 25.7. The number of aryl methyl sites for hydroxylation is 3. The number of amides is 1. The summed E-state index contributed by atoms with van der Waals surface area (Å²) < 4.78 is 34.1. The Morgan fingerprint density at radius 1 is 1.14 bits per heavy atom. The van der Waals surface area contributed by atoms with Crippen LogP contribution < -0.4 is 15.0 Å². The number of benzene rings is 2. The Kier molecular flexibility index (Phi) is 6.81. The molecule has 1 aliphatic rings. The Balaban J connectivity index is 1.80. The fraction of sp³-hybridized carbons (Fsp3) is 0.333. The molecular formula is C27H31N3O5S. The average molecular weight is 510 g/mol. The lowest BCUT2D eigenvalue weighted by Gasteiger charge is -2.35. The average Bonchev–Trinajstić information content (AvgIpc) is 3.10. The third-order valence-electron chi connectivity index (χ3n) is 6.87. The second-order valence-electron chi connectivity index (χ2n) is 9.32. The van der Waals surface area contributed by atoms with E-state index >= 15 is 0 Å². The van der Waals surface area contributed by atoms with Gasteiger partial charge in [0.05, 0.1) is 6.61 Å². The lowest BCUT2D eigenvalue weighted by Crippen LogP contribution is -2.52. The van der Waals surface area contributed by atoms with Gasteiger partial charge in [0.1, 0.15) is 11.3 Å². The van der Waals surface area contributed by atoms with Crippen LogP contribution in [0.15, 0.2) is 58.4 Å². The van der Waals surface area contributed by atoms with Gasteiger partial charge in [-0.3, -0.25) is 14.5 Å². The molecule has 36 heavy (non-hydrogen) atoms.